The number of imide groups is 1. The molecule has 0 aromatic heterocycles. The average Bonchev–Trinajstić information content (AvgIpc) is 2.87. The van der Waals surface area contributed by atoms with Crippen LogP contribution in [0, 0.1) is 11.8 Å². The van der Waals surface area contributed by atoms with Crippen molar-refractivity contribution in [1.29, 1.82) is 0 Å². The zero-order chi connectivity index (χ0) is 20.5. The Labute approximate surface area is 160 Å². The van der Waals surface area contributed by atoms with E-state index in [0.29, 0.717) is 18.4 Å². The van der Waals surface area contributed by atoms with E-state index in [9.17, 15) is 27.6 Å². The van der Waals surface area contributed by atoms with Gasteiger partial charge < -0.3 is 9.64 Å². The van der Waals surface area contributed by atoms with Crippen molar-refractivity contribution in [3.63, 3.8) is 0 Å². The van der Waals surface area contributed by atoms with Crippen LogP contribution in [-0.4, -0.2) is 47.5 Å². The van der Waals surface area contributed by atoms with Crippen LogP contribution in [0.3, 0.4) is 0 Å². The van der Waals surface area contributed by atoms with E-state index in [-0.39, 0.29) is 42.5 Å². The summed E-state index contributed by atoms with van der Waals surface area (Å²) in [4.78, 5) is 39.7. The highest BCUT2D eigenvalue weighted by Gasteiger charge is 2.48. The number of likely N-dealkylation sites (tertiary alicyclic amines) is 1. The van der Waals surface area contributed by atoms with Gasteiger partial charge in [0, 0.05) is 13.6 Å². The minimum atomic E-state index is -4.76. The quantitative estimate of drug-likeness (QED) is 0.716. The molecule has 1 saturated heterocycles. The molecule has 1 aromatic carbocycles. The second-order valence-corrected chi connectivity index (χ2v) is 7.20. The van der Waals surface area contributed by atoms with Crippen LogP contribution in [0.1, 0.15) is 31.2 Å². The van der Waals surface area contributed by atoms with Gasteiger partial charge in [-0.1, -0.05) is 25.0 Å². The highest BCUT2D eigenvalue weighted by molar-refractivity contribution is 6.07. The van der Waals surface area contributed by atoms with E-state index >= 15 is 0 Å². The normalized spacial score (nSPS) is 22.2. The summed E-state index contributed by atoms with van der Waals surface area (Å²) in [6.45, 7) is -0.176. The maximum Gasteiger partial charge on any atom is 0.573 e. The number of halogens is 3. The molecule has 6 nitrogen and oxygen atoms in total. The van der Waals surface area contributed by atoms with Gasteiger partial charge in [0.2, 0.25) is 17.7 Å². The Hall–Kier alpha value is -2.58. The molecule has 0 bridgehead atoms. The van der Waals surface area contributed by atoms with Gasteiger partial charge in [-0.2, -0.15) is 0 Å². The molecule has 1 aliphatic heterocycles. The first-order valence-electron chi connectivity index (χ1n) is 9.09. The van der Waals surface area contributed by atoms with Crippen molar-refractivity contribution in [3.05, 3.63) is 29.8 Å². The van der Waals surface area contributed by atoms with Gasteiger partial charge in [-0.05, 0) is 30.5 Å². The summed E-state index contributed by atoms with van der Waals surface area (Å²) < 4.78 is 40.4. The Kier molecular flexibility index (Phi) is 5.62. The van der Waals surface area contributed by atoms with Crippen molar-refractivity contribution in [2.45, 2.75) is 38.6 Å². The van der Waals surface area contributed by atoms with Crippen molar-refractivity contribution in [2.24, 2.45) is 11.8 Å². The summed E-state index contributed by atoms with van der Waals surface area (Å²) >= 11 is 0. The zero-order valence-corrected chi connectivity index (χ0v) is 15.4. The summed E-state index contributed by atoms with van der Waals surface area (Å²) in [7, 11) is 1.51. The molecule has 9 heteroatoms. The minimum Gasteiger partial charge on any atom is -0.406 e. The van der Waals surface area contributed by atoms with Crippen LogP contribution in [0.5, 0.6) is 5.75 Å². The fourth-order valence-electron chi connectivity index (χ4n) is 3.80. The lowest BCUT2D eigenvalue weighted by molar-refractivity contribution is -0.274. The first-order chi connectivity index (χ1) is 13.2. The molecule has 2 unspecified atom stereocenters. The molecule has 2 fully saturated rings. The molecular weight excluding hydrogens is 377 g/mol. The Bertz CT molecular complexity index is 739. The Morgan fingerprint density at radius 1 is 1.11 bits per heavy atom. The molecule has 0 N–H and O–H groups in total. The van der Waals surface area contributed by atoms with E-state index in [1.165, 1.54) is 36.2 Å². The number of carbonyl (C=O) groups is 3. The number of hydrogen-bond donors (Lipinski definition) is 0. The topological polar surface area (TPSA) is 66.9 Å². The van der Waals surface area contributed by atoms with Gasteiger partial charge in [0.15, 0.2) is 0 Å². The van der Waals surface area contributed by atoms with Crippen molar-refractivity contribution < 1.29 is 32.3 Å². The van der Waals surface area contributed by atoms with Gasteiger partial charge in [-0.25, -0.2) is 0 Å². The molecule has 0 radical (unpaired) electrons. The maximum absolute atomic E-state index is 12.5. The SMILES string of the molecule is CN(Cc1ccc(OC(F)(F)F)cc1)C(=O)CN1C(=O)C2CCCCC2C1=O. The van der Waals surface area contributed by atoms with Crippen molar-refractivity contribution in [2.75, 3.05) is 13.6 Å². The van der Waals surface area contributed by atoms with Crippen LogP contribution in [0.15, 0.2) is 24.3 Å². The maximum atomic E-state index is 12.5. The number of rotatable bonds is 5. The van der Waals surface area contributed by atoms with E-state index in [1.54, 1.807) is 0 Å². The summed E-state index contributed by atoms with van der Waals surface area (Å²) in [5.41, 5.74) is 0.595. The van der Waals surface area contributed by atoms with Crippen LogP contribution in [0.25, 0.3) is 0 Å². The number of nitrogens with zero attached hydrogens (tertiary/aromatic N) is 2. The number of hydrogen-bond acceptors (Lipinski definition) is 4. The van der Waals surface area contributed by atoms with Gasteiger partial charge in [-0.3, -0.25) is 19.3 Å². The van der Waals surface area contributed by atoms with Crippen LogP contribution in [0.4, 0.5) is 13.2 Å². The van der Waals surface area contributed by atoms with E-state index < -0.39 is 12.3 Å². The van der Waals surface area contributed by atoms with Gasteiger partial charge in [0.05, 0.1) is 11.8 Å². The van der Waals surface area contributed by atoms with E-state index in [4.69, 9.17) is 0 Å². The second-order valence-electron chi connectivity index (χ2n) is 7.20. The monoisotopic (exact) mass is 398 g/mol. The summed E-state index contributed by atoms with van der Waals surface area (Å²) in [6.07, 6.45) is -1.57. The molecule has 2 aliphatic rings. The third-order valence-corrected chi connectivity index (χ3v) is 5.23. The molecule has 3 amide bonds. The van der Waals surface area contributed by atoms with Crippen molar-refractivity contribution >= 4 is 17.7 Å². The summed E-state index contributed by atoms with van der Waals surface area (Å²) in [5, 5.41) is 0. The van der Waals surface area contributed by atoms with Gasteiger partial charge in [0.1, 0.15) is 12.3 Å². The van der Waals surface area contributed by atoms with Gasteiger partial charge >= 0.3 is 6.36 Å². The zero-order valence-electron chi connectivity index (χ0n) is 15.4. The Balaban J connectivity index is 1.57. The highest BCUT2D eigenvalue weighted by Crippen LogP contribution is 2.37. The fraction of sp³-hybridized carbons (Fsp3) is 0.526. The second kappa shape index (κ2) is 7.81. The number of benzene rings is 1. The summed E-state index contributed by atoms with van der Waals surface area (Å²) in [6, 6.07) is 5.18. The van der Waals surface area contributed by atoms with Crippen LogP contribution in [-0.2, 0) is 20.9 Å². The number of fused-ring (bicyclic) bond motifs is 1. The molecule has 1 aliphatic carbocycles. The number of likely N-dealkylation sites (N-methyl/N-ethyl adjacent to an activating group) is 1. The molecule has 0 spiro atoms. The van der Waals surface area contributed by atoms with Crippen LogP contribution >= 0.6 is 0 Å². The molecule has 1 heterocycles. The first-order valence-corrected chi connectivity index (χ1v) is 9.09. The lowest BCUT2D eigenvalue weighted by atomic mass is 9.81. The molecule has 28 heavy (non-hydrogen) atoms. The highest BCUT2D eigenvalue weighted by atomic mass is 19.4. The third-order valence-electron chi connectivity index (χ3n) is 5.23. The fourth-order valence-corrected chi connectivity index (χ4v) is 3.80. The lowest BCUT2D eigenvalue weighted by Gasteiger charge is -2.21. The number of ether oxygens (including phenoxy) is 1. The van der Waals surface area contributed by atoms with Crippen molar-refractivity contribution in [3.8, 4) is 5.75 Å². The van der Waals surface area contributed by atoms with E-state index in [1.807, 2.05) is 0 Å². The number of carbonyl (C=O) groups excluding carboxylic acids is 3. The molecule has 3 rings (SSSR count). The molecule has 2 atom stereocenters. The Morgan fingerprint density at radius 2 is 1.64 bits per heavy atom. The number of alkyl halides is 3. The van der Waals surface area contributed by atoms with E-state index in [2.05, 4.69) is 4.74 Å². The third kappa shape index (κ3) is 4.45. The first kappa shape index (κ1) is 20.2. The molecule has 152 valence electrons. The Morgan fingerprint density at radius 3 is 2.14 bits per heavy atom. The molecular formula is C19H21F3N2O4. The summed E-state index contributed by atoms with van der Waals surface area (Å²) in [5.74, 6) is -1.91. The average molecular weight is 398 g/mol. The largest absolute Gasteiger partial charge is 0.573 e. The standard InChI is InChI=1S/C19H21F3N2O4/c1-23(10-12-6-8-13(9-7-12)28-19(20,21)22)16(25)11-24-17(26)14-4-2-3-5-15(14)18(24)27/h6-9,14-15H,2-5,10-11H2,1H3. The minimum absolute atomic E-state index is 0.133. The van der Waals surface area contributed by atoms with Crippen LogP contribution < -0.4 is 4.74 Å². The smallest absolute Gasteiger partial charge is 0.406 e. The molecule has 1 aromatic rings. The van der Waals surface area contributed by atoms with E-state index in [0.717, 1.165) is 17.7 Å². The van der Waals surface area contributed by atoms with Gasteiger partial charge in [-0.15, -0.1) is 13.2 Å². The van der Waals surface area contributed by atoms with Crippen LogP contribution in [0.2, 0.25) is 0 Å². The predicted octanol–water partition coefficient (Wildman–Crippen LogP) is 2.72. The predicted molar refractivity (Wildman–Crippen MR) is 91.8 cm³/mol. The van der Waals surface area contributed by atoms with Gasteiger partial charge in [0.25, 0.3) is 0 Å². The van der Waals surface area contributed by atoms with Crippen molar-refractivity contribution in [1.82, 2.24) is 9.80 Å². The lowest BCUT2D eigenvalue weighted by Crippen LogP contribution is -2.41. The number of amides is 3. The molecule has 1 saturated carbocycles.